The molecule has 0 aliphatic carbocycles. The predicted molar refractivity (Wildman–Crippen MR) is 161 cm³/mol. The molecular formula is C35H34NOP. The molecule has 2 nitrogen and oxygen atoms in total. The van der Waals surface area contributed by atoms with Gasteiger partial charge in [-0.3, -0.25) is 4.90 Å². The van der Waals surface area contributed by atoms with Gasteiger partial charge in [0.15, 0.2) is 0 Å². The van der Waals surface area contributed by atoms with E-state index in [0.29, 0.717) is 6.16 Å². The normalized spacial score (nSPS) is 13.2. The summed E-state index contributed by atoms with van der Waals surface area (Å²) in [5, 5.41) is 1.80. The zero-order valence-corrected chi connectivity index (χ0v) is 22.7. The van der Waals surface area contributed by atoms with Crippen molar-refractivity contribution in [3.63, 3.8) is 0 Å². The first-order valence-electron chi connectivity index (χ1n) is 13.2. The quantitative estimate of drug-likeness (QED) is 0.176. The maximum atomic E-state index is 15.3. The Balaban J connectivity index is 1.66. The molecule has 0 aliphatic rings. The Morgan fingerprint density at radius 3 is 1.42 bits per heavy atom. The van der Waals surface area contributed by atoms with Crippen molar-refractivity contribution >= 4 is 17.8 Å². The molecule has 0 N–H and O–H groups in total. The standard InChI is InChI=1S/C35H34NOP/c1-29(31-19-9-3-10-20-31)36(27-30-17-7-2-8-18-30)35(32-21-11-4-12-22-32)28-38(37,33-23-13-5-14-24-33)34-25-15-6-16-26-34/h2-26,29,35H,27-28H2,1H3/t29-,35+/m1/s1. The van der Waals surface area contributed by atoms with Crippen molar-refractivity contribution in [1.82, 2.24) is 4.90 Å². The van der Waals surface area contributed by atoms with Gasteiger partial charge in [-0.25, -0.2) is 0 Å². The molecule has 0 unspecified atom stereocenters. The fraction of sp³-hybridized carbons (Fsp3) is 0.143. The zero-order chi connectivity index (χ0) is 26.2. The minimum absolute atomic E-state index is 0.0714. The fourth-order valence-corrected chi connectivity index (χ4v) is 8.19. The lowest BCUT2D eigenvalue weighted by atomic mass is 10.00. The van der Waals surface area contributed by atoms with E-state index >= 15 is 4.57 Å². The molecule has 0 aliphatic heterocycles. The van der Waals surface area contributed by atoms with E-state index in [4.69, 9.17) is 0 Å². The van der Waals surface area contributed by atoms with Crippen LogP contribution in [0.1, 0.15) is 35.7 Å². The van der Waals surface area contributed by atoms with E-state index < -0.39 is 7.14 Å². The summed E-state index contributed by atoms with van der Waals surface area (Å²) in [5.74, 6) is 0. The largest absolute Gasteiger partial charge is 0.314 e. The summed E-state index contributed by atoms with van der Waals surface area (Å²) < 4.78 is 15.3. The minimum Gasteiger partial charge on any atom is -0.314 e. The van der Waals surface area contributed by atoms with Crippen LogP contribution >= 0.6 is 7.14 Å². The molecule has 0 aromatic heterocycles. The van der Waals surface area contributed by atoms with Crippen LogP contribution in [0, 0.1) is 0 Å². The smallest absolute Gasteiger partial charge is 0.145 e. The third kappa shape index (κ3) is 5.89. The number of benzene rings is 5. The molecule has 5 aromatic rings. The van der Waals surface area contributed by atoms with E-state index in [0.717, 1.165) is 17.2 Å². The predicted octanol–water partition coefficient (Wildman–Crippen LogP) is 8.01. The van der Waals surface area contributed by atoms with Crippen LogP contribution in [0.2, 0.25) is 0 Å². The highest BCUT2D eigenvalue weighted by Gasteiger charge is 2.36. The lowest BCUT2D eigenvalue weighted by Crippen LogP contribution is -2.35. The fourth-order valence-electron chi connectivity index (χ4n) is 5.25. The van der Waals surface area contributed by atoms with Crippen LogP contribution < -0.4 is 10.6 Å². The van der Waals surface area contributed by atoms with Crippen molar-refractivity contribution in [2.75, 3.05) is 6.16 Å². The molecule has 0 fully saturated rings. The summed E-state index contributed by atoms with van der Waals surface area (Å²) in [4.78, 5) is 2.53. The first kappa shape index (κ1) is 25.9. The summed E-state index contributed by atoms with van der Waals surface area (Å²) in [6.07, 6.45) is 0.509. The van der Waals surface area contributed by atoms with Gasteiger partial charge in [0.1, 0.15) is 7.14 Å². The average Bonchev–Trinajstić information content (AvgIpc) is 3.01. The molecule has 5 aromatic carbocycles. The summed E-state index contributed by atoms with van der Waals surface area (Å²) in [7, 11) is -2.98. The zero-order valence-electron chi connectivity index (χ0n) is 21.8. The van der Waals surface area contributed by atoms with Gasteiger partial charge in [-0.1, -0.05) is 152 Å². The second kappa shape index (κ2) is 12.2. The molecule has 0 bridgehead atoms. The third-order valence-electron chi connectivity index (χ3n) is 7.35. The molecule has 0 spiro atoms. The van der Waals surface area contributed by atoms with Crippen molar-refractivity contribution in [2.45, 2.75) is 25.6 Å². The van der Waals surface area contributed by atoms with Gasteiger partial charge in [0, 0.05) is 35.4 Å². The van der Waals surface area contributed by atoms with Crippen LogP contribution in [0.3, 0.4) is 0 Å². The van der Waals surface area contributed by atoms with Crippen LogP contribution in [-0.2, 0) is 11.1 Å². The molecule has 190 valence electrons. The molecule has 0 heterocycles. The molecule has 0 saturated carbocycles. The van der Waals surface area contributed by atoms with Gasteiger partial charge in [-0.2, -0.15) is 0 Å². The lowest BCUT2D eigenvalue weighted by molar-refractivity contribution is 0.146. The minimum atomic E-state index is -2.98. The first-order valence-corrected chi connectivity index (χ1v) is 15.1. The van der Waals surface area contributed by atoms with Gasteiger partial charge in [0.05, 0.1) is 0 Å². The van der Waals surface area contributed by atoms with Crippen molar-refractivity contribution in [3.8, 4) is 0 Å². The molecule has 3 heteroatoms. The molecule has 2 atom stereocenters. The Bertz CT molecular complexity index is 1400. The van der Waals surface area contributed by atoms with Gasteiger partial charge in [-0.05, 0) is 23.6 Å². The Kier molecular flexibility index (Phi) is 8.34. The van der Waals surface area contributed by atoms with Gasteiger partial charge in [0.25, 0.3) is 0 Å². The second-order valence-electron chi connectivity index (χ2n) is 9.76. The number of hydrogen-bond acceptors (Lipinski definition) is 2. The molecule has 0 saturated heterocycles. The Morgan fingerprint density at radius 1 is 0.553 bits per heavy atom. The van der Waals surface area contributed by atoms with Gasteiger partial charge >= 0.3 is 0 Å². The Hall–Kier alpha value is -3.71. The number of hydrogen-bond donors (Lipinski definition) is 0. The van der Waals surface area contributed by atoms with Gasteiger partial charge in [0.2, 0.25) is 0 Å². The van der Waals surface area contributed by atoms with Crippen LogP contribution in [-0.4, -0.2) is 11.1 Å². The summed E-state index contributed by atoms with van der Waals surface area (Å²) in [5.41, 5.74) is 3.67. The highest BCUT2D eigenvalue weighted by Crippen LogP contribution is 2.49. The molecule has 0 amide bonds. The van der Waals surface area contributed by atoms with Crippen molar-refractivity contribution < 1.29 is 4.57 Å². The van der Waals surface area contributed by atoms with Crippen molar-refractivity contribution in [1.29, 1.82) is 0 Å². The SMILES string of the molecule is C[C@H](c1ccccc1)N(Cc1ccccc1)[C@@H](CP(=O)(c1ccccc1)c1ccccc1)c1ccccc1. The van der Waals surface area contributed by atoms with E-state index in [1.165, 1.54) is 16.7 Å². The van der Waals surface area contributed by atoms with Crippen LogP contribution in [0.5, 0.6) is 0 Å². The van der Waals surface area contributed by atoms with E-state index in [2.05, 4.69) is 103 Å². The van der Waals surface area contributed by atoms with Crippen LogP contribution in [0.15, 0.2) is 152 Å². The Labute approximate surface area is 227 Å². The van der Waals surface area contributed by atoms with Crippen LogP contribution in [0.25, 0.3) is 0 Å². The van der Waals surface area contributed by atoms with E-state index in [1.807, 2.05) is 60.7 Å². The summed E-state index contributed by atoms with van der Waals surface area (Å²) in [6.45, 7) is 3.02. The topological polar surface area (TPSA) is 20.3 Å². The van der Waals surface area contributed by atoms with E-state index in [1.54, 1.807) is 0 Å². The number of rotatable bonds is 10. The number of nitrogens with zero attached hydrogens (tertiary/aromatic N) is 1. The van der Waals surface area contributed by atoms with Crippen molar-refractivity contribution in [3.05, 3.63) is 168 Å². The molecule has 0 radical (unpaired) electrons. The monoisotopic (exact) mass is 515 g/mol. The second-order valence-corrected chi connectivity index (χ2v) is 12.6. The van der Waals surface area contributed by atoms with E-state index in [-0.39, 0.29) is 12.1 Å². The van der Waals surface area contributed by atoms with Crippen LogP contribution in [0.4, 0.5) is 0 Å². The van der Waals surface area contributed by atoms with E-state index in [9.17, 15) is 0 Å². The van der Waals surface area contributed by atoms with Gasteiger partial charge < -0.3 is 4.57 Å². The maximum absolute atomic E-state index is 15.3. The molecular weight excluding hydrogens is 481 g/mol. The molecule has 38 heavy (non-hydrogen) atoms. The summed E-state index contributed by atoms with van der Waals surface area (Å²) >= 11 is 0. The highest BCUT2D eigenvalue weighted by molar-refractivity contribution is 7.78. The third-order valence-corrected chi connectivity index (χ3v) is 10.5. The lowest BCUT2D eigenvalue weighted by Gasteiger charge is -2.39. The van der Waals surface area contributed by atoms with Crippen molar-refractivity contribution in [2.24, 2.45) is 0 Å². The first-order chi connectivity index (χ1) is 18.6. The average molecular weight is 516 g/mol. The maximum Gasteiger partial charge on any atom is 0.145 e. The summed E-state index contributed by atoms with van der Waals surface area (Å²) in [6, 6.07) is 52.0. The molecule has 5 rings (SSSR count). The van der Waals surface area contributed by atoms with Gasteiger partial charge in [-0.15, -0.1) is 0 Å². The highest BCUT2D eigenvalue weighted by atomic mass is 31.2. The Morgan fingerprint density at radius 2 is 0.947 bits per heavy atom.